The van der Waals surface area contributed by atoms with E-state index < -0.39 is 0 Å². The second-order valence-corrected chi connectivity index (χ2v) is 23.6. The molecule has 0 aliphatic heterocycles. The second kappa shape index (κ2) is 19.0. The van der Waals surface area contributed by atoms with Crippen molar-refractivity contribution in [2.24, 2.45) is 0 Å². The zero-order chi connectivity index (χ0) is 56.6. The van der Waals surface area contributed by atoms with Crippen molar-refractivity contribution >= 4 is 138 Å². The van der Waals surface area contributed by atoms with Crippen LogP contribution >= 0.6 is 0 Å². The molecular weight excluding hydrogens is 1040 g/mol. The predicted molar refractivity (Wildman–Crippen MR) is 351 cm³/mol. The quantitative estimate of drug-likeness (QED) is 0.135. The second-order valence-electron chi connectivity index (χ2n) is 23.6. The first-order valence-electron chi connectivity index (χ1n) is 29.5. The molecule has 0 spiro atoms. The topological polar surface area (TPSA) is 72.2 Å². The van der Waals surface area contributed by atoms with E-state index in [9.17, 15) is 0 Å². The molecule has 0 fully saturated rings. The molecule has 0 bridgehead atoms. The molecule has 7 heteroatoms. The van der Waals surface area contributed by atoms with Crippen LogP contribution in [0.5, 0.6) is 0 Å². The van der Waals surface area contributed by atoms with Gasteiger partial charge in [0.1, 0.15) is 55.8 Å². The molecule has 17 rings (SSSR count). The molecule has 1 unspecified atom stereocenters. The van der Waals surface area contributed by atoms with E-state index in [0.717, 1.165) is 156 Å². The summed E-state index contributed by atoms with van der Waals surface area (Å²) >= 11 is 0. The SMILES string of the molecule is CC(C)c1ccc(-c2ccc(N(c3ccc4c(c3)oc3ccccc34)c3ccc4c(c3)oc3cc5c(cc34)oc3cc4c(cc35)oc3cc(N(C5=CCC(c6ccc(C(C)C)cc6)C=C5)c5ccc6c(c5)oc5ccccc56)ccc34)cc2)cc1. The van der Waals surface area contributed by atoms with Crippen LogP contribution in [0.1, 0.15) is 68.6 Å². The number of furan rings is 5. The Bertz CT molecular complexity index is 5410. The van der Waals surface area contributed by atoms with Crippen LogP contribution in [0.2, 0.25) is 0 Å². The highest BCUT2D eigenvalue weighted by atomic mass is 16.3. The Morgan fingerprint density at radius 1 is 0.318 bits per heavy atom. The fourth-order valence-electron chi connectivity index (χ4n) is 13.2. The molecule has 5 aromatic heterocycles. The van der Waals surface area contributed by atoms with E-state index in [1.54, 1.807) is 0 Å². The molecule has 0 saturated carbocycles. The van der Waals surface area contributed by atoms with Crippen LogP contribution in [-0.4, -0.2) is 0 Å². The minimum Gasteiger partial charge on any atom is -0.456 e. The molecular formula is C78H56N2O5. The van der Waals surface area contributed by atoms with Crippen molar-refractivity contribution in [2.45, 2.75) is 51.9 Å². The maximum atomic E-state index is 6.87. The molecule has 0 saturated heterocycles. The Morgan fingerprint density at radius 3 is 1.08 bits per heavy atom. The number of para-hydroxylation sites is 2. The lowest BCUT2D eigenvalue weighted by Crippen LogP contribution is -2.17. The van der Waals surface area contributed by atoms with Crippen LogP contribution < -0.4 is 9.80 Å². The van der Waals surface area contributed by atoms with Gasteiger partial charge in [0.25, 0.3) is 0 Å². The van der Waals surface area contributed by atoms with E-state index in [1.807, 2.05) is 24.3 Å². The van der Waals surface area contributed by atoms with Crippen LogP contribution in [0.4, 0.5) is 28.4 Å². The third-order valence-electron chi connectivity index (χ3n) is 17.8. The van der Waals surface area contributed by atoms with Crippen molar-refractivity contribution in [2.75, 3.05) is 9.80 Å². The highest BCUT2D eigenvalue weighted by Crippen LogP contribution is 2.46. The van der Waals surface area contributed by atoms with Crippen molar-refractivity contribution in [1.29, 1.82) is 0 Å². The molecule has 1 aliphatic rings. The molecule has 16 aromatic rings. The maximum absolute atomic E-state index is 6.87. The normalized spacial score (nSPS) is 14.0. The molecule has 0 N–H and O–H groups in total. The molecule has 408 valence electrons. The van der Waals surface area contributed by atoms with Gasteiger partial charge in [0, 0.05) is 118 Å². The molecule has 5 heterocycles. The van der Waals surface area contributed by atoms with Gasteiger partial charge in [-0.15, -0.1) is 0 Å². The standard InChI is InChI=1S/C78H56N2O5/c1-45(2)47-13-17-49(18-14-47)51-21-25-53(26-22-51)79(55-29-33-61-59-9-5-7-11-69(59)81-71(61)37-55)57-31-35-63-65-41-77-67(43-75(65)83-73(63)39-57)68-44-76-66(42-78(68)85-77)64-36-32-58(40-74(64)84-76)80(56-30-34-62-60-10-6-8-12-70(60)82-72(62)38-56)54-27-23-52(24-28-54)50-19-15-48(16-20-50)46(3)4/h5-23,25-46,52H,24H2,1-4H3. The first-order chi connectivity index (χ1) is 41.7. The predicted octanol–water partition coefficient (Wildman–Crippen LogP) is 23.3. The minimum atomic E-state index is 0.286. The van der Waals surface area contributed by atoms with Crippen molar-refractivity contribution in [3.63, 3.8) is 0 Å². The highest BCUT2D eigenvalue weighted by molar-refractivity contribution is 6.19. The lowest BCUT2D eigenvalue weighted by molar-refractivity contribution is 0.662. The Kier molecular flexibility index (Phi) is 11.0. The van der Waals surface area contributed by atoms with Crippen molar-refractivity contribution in [1.82, 2.24) is 0 Å². The Labute approximate surface area is 489 Å². The molecule has 0 radical (unpaired) electrons. The summed E-state index contributed by atoms with van der Waals surface area (Å²) in [5.74, 6) is 1.26. The van der Waals surface area contributed by atoms with E-state index in [4.69, 9.17) is 22.1 Å². The lowest BCUT2D eigenvalue weighted by Gasteiger charge is -2.29. The number of nitrogens with zero attached hydrogens (tertiary/aromatic N) is 2. The van der Waals surface area contributed by atoms with Gasteiger partial charge in [-0.05, 0) is 149 Å². The summed E-state index contributed by atoms with van der Waals surface area (Å²) in [5, 5.41) is 10.3. The fraction of sp³-hybridized carbons (Fsp3) is 0.103. The smallest absolute Gasteiger partial charge is 0.137 e. The first kappa shape index (κ1) is 49.1. The van der Waals surface area contributed by atoms with Gasteiger partial charge in [-0.3, -0.25) is 0 Å². The lowest BCUT2D eigenvalue weighted by atomic mass is 9.89. The van der Waals surface area contributed by atoms with Gasteiger partial charge in [-0.1, -0.05) is 137 Å². The Hall–Kier alpha value is -10.5. The minimum absolute atomic E-state index is 0.286. The monoisotopic (exact) mass is 1100 g/mol. The molecule has 7 nitrogen and oxygen atoms in total. The van der Waals surface area contributed by atoms with Gasteiger partial charge in [0.05, 0.1) is 0 Å². The number of rotatable bonds is 10. The van der Waals surface area contributed by atoms with E-state index in [2.05, 4.69) is 250 Å². The number of allylic oxidation sites excluding steroid dienone is 3. The summed E-state index contributed by atoms with van der Waals surface area (Å²) in [7, 11) is 0. The molecule has 11 aromatic carbocycles. The number of anilines is 5. The molecule has 1 aliphatic carbocycles. The average Bonchev–Trinajstić information content (AvgIpc) is 2.13. The summed E-state index contributed by atoms with van der Waals surface area (Å²) in [5.41, 5.74) is 20.5. The Morgan fingerprint density at radius 2 is 0.659 bits per heavy atom. The van der Waals surface area contributed by atoms with Crippen molar-refractivity contribution in [3.05, 3.63) is 259 Å². The summed E-state index contributed by atoms with van der Waals surface area (Å²) in [6.07, 6.45) is 7.84. The van der Waals surface area contributed by atoms with Crippen LogP contribution in [0.25, 0.3) is 121 Å². The summed E-state index contributed by atoms with van der Waals surface area (Å²) in [6, 6.07) is 77.8. The van der Waals surface area contributed by atoms with Crippen molar-refractivity contribution < 1.29 is 22.1 Å². The summed E-state index contributed by atoms with van der Waals surface area (Å²) in [6.45, 7) is 8.94. The van der Waals surface area contributed by atoms with Gasteiger partial charge in [-0.25, -0.2) is 0 Å². The molecule has 1 atom stereocenters. The summed E-state index contributed by atoms with van der Waals surface area (Å²) in [4.78, 5) is 4.59. The van der Waals surface area contributed by atoms with E-state index >= 15 is 0 Å². The zero-order valence-corrected chi connectivity index (χ0v) is 47.4. The first-order valence-corrected chi connectivity index (χ1v) is 29.5. The van der Waals surface area contributed by atoms with E-state index in [-0.39, 0.29) is 5.92 Å². The number of benzene rings is 11. The molecule has 0 amide bonds. The number of hydrogen-bond donors (Lipinski definition) is 0. The third-order valence-corrected chi connectivity index (χ3v) is 17.8. The van der Waals surface area contributed by atoms with Crippen LogP contribution in [0.3, 0.4) is 0 Å². The molecule has 85 heavy (non-hydrogen) atoms. The summed E-state index contributed by atoms with van der Waals surface area (Å²) < 4.78 is 33.4. The van der Waals surface area contributed by atoms with E-state index in [1.165, 1.54) is 22.3 Å². The third kappa shape index (κ3) is 8.09. The van der Waals surface area contributed by atoms with Gasteiger partial charge in [0.15, 0.2) is 0 Å². The maximum Gasteiger partial charge on any atom is 0.137 e. The fourth-order valence-corrected chi connectivity index (χ4v) is 13.2. The van der Waals surface area contributed by atoms with Crippen LogP contribution in [0, 0.1) is 0 Å². The van der Waals surface area contributed by atoms with Gasteiger partial charge >= 0.3 is 0 Å². The van der Waals surface area contributed by atoms with Gasteiger partial charge in [0.2, 0.25) is 0 Å². The largest absolute Gasteiger partial charge is 0.456 e. The average molecular weight is 1100 g/mol. The van der Waals surface area contributed by atoms with Crippen molar-refractivity contribution in [3.8, 4) is 11.1 Å². The highest BCUT2D eigenvalue weighted by Gasteiger charge is 2.24. The number of fused-ring (bicyclic) bond motifs is 15. The number of hydrogen-bond acceptors (Lipinski definition) is 7. The zero-order valence-electron chi connectivity index (χ0n) is 47.4. The van der Waals surface area contributed by atoms with Crippen LogP contribution in [0.15, 0.2) is 264 Å². The Balaban J connectivity index is 0.732. The van der Waals surface area contributed by atoms with Gasteiger partial charge < -0.3 is 31.9 Å². The van der Waals surface area contributed by atoms with E-state index in [0.29, 0.717) is 11.8 Å². The van der Waals surface area contributed by atoms with Gasteiger partial charge in [-0.2, -0.15) is 0 Å². The van der Waals surface area contributed by atoms with Crippen LogP contribution in [-0.2, 0) is 0 Å².